The Balaban J connectivity index is 3.52. The maximum atomic E-state index is 12.6. The fourth-order valence-electron chi connectivity index (χ4n) is 1.39. The maximum Gasteiger partial charge on any atom is 0.416 e. The molecule has 18 heavy (non-hydrogen) atoms. The van der Waals surface area contributed by atoms with E-state index in [2.05, 4.69) is 0 Å². The van der Waals surface area contributed by atoms with E-state index in [-0.39, 0.29) is 12.5 Å². The molecule has 1 rings (SSSR count). The number of halogens is 6. The first-order valence-corrected chi connectivity index (χ1v) is 4.56. The van der Waals surface area contributed by atoms with Crippen LogP contribution < -0.4 is 5.32 Å². The van der Waals surface area contributed by atoms with Crippen molar-refractivity contribution in [3.63, 3.8) is 0 Å². The fourth-order valence-corrected chi connectivity index (χ4v) is 1.39. The van der Waals surface area contributed by atoms with Crippen molar-refractivity contribution >= 4 is 12.1 Å². The first-order chi connectivity index (χ1) is 8.07. The lowest BCUT2D eigenvalue weighted by Crippen LogP contribution is -2.14. The molecule has 0 saturated heterocycles. The fraction of sp³-hybridized carbons (Fsp3) is 0.300. The molecule has 0 heterocycles. The first-order valence-electron chi connectivity index (χ1n) is 4.56. The second-order valence-electron chi connectivity index (χ2n) is 3.45. The summed E-state index contributed by atoms with van der Waals surface area (Å²) in [6.07, 6.45) is -9.83. The van der Waals surface area contributed by atoms with Crippen LogP contribution in [0.25, 0.3) is 0 Å². The van der Waals surface area contributed by atoms with E-state index < -0.39 is 34.7 Å². The zero-order valence-electron chi connectivity index (χ0n) is 8.91. The van der Waals surface area contributed by atoms with Crippen LogP contribution in [0.5, 0.6) is 0 Å². The highest BCUT2D eigenvalue weighted by Crippen LogP contribution is 2.39. The van der Waals surface area contributed by atoms with Crippen molar-refractivity contribution < 1.29 is 31.1 Å². The van der Waals surface area contributed by atoms with Crippen LogP contribution in [0.15, 0.2) is 12.1 Å². The standard InChI is InChI=1S/C10H7F6NO/c1-5-7(10(14,15)16)2-6(9(11,12)13)3-8(5)17-4-18/h2-4H,1H3,(H,17,18). The van der Waals surface area contributed by atoms with Crippen LogP contribution in [-0.2, 0) is 17.1 Å². The monoisotopic (exact) mass is 271 g/mol. The molecule has 0 aliphatic heterocycles. The van der Waals surface area contributed by atoms with E-state index in [1.54, 1.807) is 0 Å². The van der Waals surface area contributed by atoms with Gasteiger partial charge in [-0.1, -0.05) is 0 Å². The van der Waals surface area contributed by atoms with Crippen molar-refractivity contribution in [2.24, 2.45) is 0 Å². The molecule has 0 bridgehead atoms. The highest BCUT2D eigenvalue weighted by atomic mass is 19.4. The van der Waals surface area contributed by atoms with Gasteiger partial charge in [-0.2, -0.15) is 26.3 Å². The van der Waals surface area contributed by atoms with Gasteiger partial charge in [-0.05, 0) is 24.6 Å². The van der Waals surface area contributed by atoms with Gasteiger partial charge in [0, 0.05) is 5.69 Å². The molecule has 0 atom stereocenters. The molecule has 2 nitrogen and oxygen atoms in total. The SMILES string of the molecule is Cc1c(NC=O)cc(C(F)(F)F)cc1C(F)(F)F. The Morgan fingerprint density at radius 3 is 2.00 bits per heavy atom. The van der Waals surface area contributed by atoms with Crippen LogP contribution >= 0.6 is 0 Å². The smallest absolute Gasteiger partial charge is 0.328 e. The predicted octanol–water partition coefficient (Wildman–Crippen LogP) is 3.60. The molecule has 0 aromatic heterocycles. The van der Waals surface area contributed by atoms with E-state index in [4.69, 9.17) is 0 Å². The number of hydrogen-bond donors (Lipinski definition) is 1. The second kappa shape index (κ2) is 4.51. The molecule has 1 aromatic carbocycles. The predicted molar refractivity (Wildman–Crippen MR) is 50.9 cm³/mol. The quantitative estimate of drug-likeness (QED) is 0.646. The van der Waals surface area contributed by atoms with E-state index in [1.165, 1.54) is 0 Å². The van der Waals surface area contributed by atoms with Gasteiger partial charge in [0.15, 0.2) is 0 Å². The van der Waals surface area contributed by atoms with Crippen molar-refractivity contribution in [3.05, 3.63) is 28.8 Å². The van der Waals surface area contributed by atoms with Crippen LogP contribution in [0.3, 0.4) is 0 Å². The molecular formula is C10H7F6NO. The van der Waals surface area contributed by atoms with Gasteiger partial charge in [0.2, 0.25) is 6.41 Å². The summed E-state index contributed by atoms with van der Waals surface area (Å²) in [5.74, 6) is 0. The second-order valence-corrected chi connectivity index (χ2v) is 3.45. The number of anilines is 1. The Labute approximate surface area is 97.6 Å². The van der Waals surface area contributed by atoms with Gasteiger partial charge in [0.05, 0.1) is 11.1 Å². The third-order valence-electron chi connectivity index (χ3n) is 2.25. The van der Waals surface area contributed by atoms with Crippen LogP contribution in [-0.4, -0.2) is 6.41 Å². The zero-order chi connectivity index (χ0) is 14.1. The topological polar surface area (TPSA) is 29.1 Å². The summed E-state index contributed by atoms with van der Waals surface area (Å²) in [5, 5.41) is 1.82. The minimum atomic E-state index is -4.93. The summed E-state index contributed by atoms with van der Waals surface area (Å²) in [5.41, 5.74) is -3.89. The lowest BCUT2D eigenvalue weighted by atomic mass is 10.0. The van der Waals surface area contributed by atoms with Crippen LogP contribution in [0.2, 0.25) is 0 Å². The number of nitrogens with one attached hydrogen (secondary N) is 1. The van der Waals surface area contributed by atoms with E-state index >= 15 is 0 Å². The molecular weight excluding hydrogens is 264 g/mol. The summed E-state index contributed by atoms with van der Waals surface area (Å²) >= 11 is 0. The average Bonchev–Trinajstić information content (AvgIpc) is 2.17. The third kappa shape index (κ3) is 2.93. The Morgan fingerprint density at radius 2 is 1.61 bits per heavy atom. The summed E-state index contributed by atoms with van der Waals surface area (Å²) in [4.78, 5) is 10.2. The summed E-state index contributed by atoms with van der Waals surface area (Å²) in [7, 11) is 0. The molecule has 0 aliphatic rings. The van der Waals surface area contributed by atoms with E-state index in [0.29, 0.717) is 6.07 Å². The molecule has 100 valence electrons. The summed E-state index contributed by atoms with van der Waals surface area (Å²) in [6.45, 7) is 0.981. The van der Waals surface area contributed by atoms with Gasteiger partial charge < -0.3 is 5.32 Å². The number of alkyl halides is 6. The molecule has 1 N–H and O–H groups in total. The Kier molecular flexibility index (Phi) is 3.59. The minimum Gasteiger partial charge on any atom is -0.328 e. The number of rotatable bonds is 2. The first kappa shape index (κ1) is 14.3. The van der Waals surface area contributed by atoms with Crippen molar-refractivity contribution in [1.82, 2.24) is 0 Å². The Hall–Kier alpha value is -1.73. The van der Waals surface area contributed by atoms with E-state index in [1.807, 2.05) is 5.32 Å². The lowest BCUT2D eigenvalue weighted by molar-refractivity contribution is -0.143. The van der Waals surface area contributed by atoms with Gasteiger partial charge in [0.25, 0.3) is 0 Å². The number of amides is 1. The normalized spacial score (nSPS) is 12.4. The van der Waals surface area contributed by atoms with Crippen LogP contribution in [0, 0.1) is 6.92 Å². The maximum absolute atomic E-state index is 12.6. The number of carbonyl (C=O) groups is 1. The number of benzene rings is 1. The molecule has 1 amide bonds. The molecule has 0 radical (unpaired) electrons. The van der Waals surface area contributed by atoms with E-state index in [0.717, 1.165) is 6.92 Å². The van der Waals surface area contributed by atoms with Gasteiger partial charge in [0.1, 0.15) is 0 Å². The number of carbonyl (C=O) groups excluding carboxylic acids is 1. The molecule has 0 saturated carbocycles. The van der Waals surface area contributed by atoms with Gasteiger partial charge in [-0.3, -0.25) is 4.79 Å². The molecule has 1 aromatic rings. The van der Waals surface area contributed by atoms with Crippen molar-refractivity contribution in [2.75, 3.05) is 5.32 Å². The average molecular weight is 271 g/mol. The van der Waals surface area contributed by atoms with Crippen LogP contribution in [0.1, 0.15) is 16.7 Å². The number of hydrogen-bond acceptors (Lipinski definition) is 1. The Bertz CT molecular complexity index is 463. The van der Waals surface area contributed by atoms with E-state index in [9.17, 15) is 31.1 Å². The molecule has 0 aliphatic carbocycles. The lowest BCUT2D eigenvalue weighted by Gasteiger charge is -2.17. The van der Waals surface area contributed by atoms with Crippen LogP contribution in [0.4, 0.5) is 32.0 Å². The van der Waals surface area contributed by atoms with Crippen molar-refractivity contribution in [2.45, 2.75) is 19.3 Å². The van der Waals surface area contributed by atoms with Gasteiger partial charge in [-0.15, -0.1) is 0 Å². The van der Waals surface area contributed by atoms with Crippen molar-refractivity contribution in [3.8, 4) is 0 Å². The zero-order valence-corrected chi connectivity index (χ0v) is 8.91. The van der Waals surface area contributed by atoms with Crippen molar-refractivity contribution in [1.29, 1.82) is 0 Å². The third-order valence-corrected chi connectivity index (χ3v) is 2.25. The summed E-state index contributed by atoms with van der Waals surface area (Å²) < 4.78 is 74.9. The molecule has 0 spiro atoms. The van der Waals surface area contributed by atoms with Gasteiger partial charge >= 0.3 is 12.4 Å². The largest absolute Gasteiger partial charge is 0.416 e. The summed E-state index contributed by atoms with van der Waals surface area (Å²) in [6, 6.07) is 0.476. The Morgan fingerprint density at radius 1 is 1.06 bits per heavy atom. The highest BCUT2D eigenvalue weighted by Gasteiger charge is 2.38. The molecule has 8 heteroatoms. The minimum absolute atomic E-state index is 0.0165. The highest BCUT2D eigenvalue weighted by molar-refractivity contribution is 5.74. The van der Waals surface area contributed by atoms with Gasteiger partial charge in [-0.25, -0.2) is 0 Å². The molecule has 0 unspecified atom stereocenters. The molecule has 0 fully saturated rings.